The molecule has 5 nitrogen and oxygen atoms in total. The van der Waals surface area contributed by atoms with Crippen LogP contribution in [0.2, 0.25) is 0 Å². The lowest BCUT2D eigenvalue weighted by atomic mass is 9.87. The molecule has 1 rings (SSSR count). The Bertz CT molecular complexity index is 438. The lowest BCUT2D eigenvalue weighted by Crippen LogP contribution is -2.32. The van der Waals surface area contributed by atoms with E-state index >= 15 is 0 Å². The van der Waals surface area contributed by atoms with E-state index < -0.39 is 6.10 Å². The van der Waals surface area contributed by atoms with Gasteiger partial charge in [0.15, 0.2) is 0 Å². The minimum Gasteiger partial charge on any atom is -0.391 e. The molecule has 0 aliphatic carbocycles. The molecule has 1 unspecified atom stereocenters. The van der Waals surface area contributed by atoms with Gasteiger partial charge < -0.3 is 20.5 Å². The SMILES string of the molecule is COCC(O)CCNC(=O)Nc1ccc(C(C)(C)C)cc1. The largest absolute Gasteiger partial charge is 0.391 e. The van der Waals surface area contributed by atoms with E-state index in [4.69, 9.17) is 4.74 Å². The third-order valence-electron chi connectivity index (χ3n) is 3.13. The molecule has 3 N–H and O–H groups in total. The van der Waals surface area contributed by atoms with E-state index in [1.807, 2.05) is 24.3 Å². The number of carbonyl (C=O) groups excluding carboxylic acids is 1. The molecule has 0 spiro atoms. The number of carbonyl (C=O) groups is 1. The Labute approximate surface area is 126 Å². The van der Waals surface area contributed by atoms with Crippen LogP contribution in [0.1, 0.15) is 32.8 Å². The first kappa shape index (κ1) is 17.5. The molecule has 118 valence electrons. The molecule has 0 radical (unpaired) electrons. The summed E-state index contributed by atoms with van der Waals surface area (Å²) in [5.74, 6) is 0. The molecular formula is C16H26N2O3. The molecule has 1 atom stereocenters. The van der Waals surface area contributed by atoms with E-state index in [-0.39, 0.29) is 18.1 Å². The van der Waals surface area contributed by atoms with Crippen LogP contribution in [0.5, 0.6) is 0 Å². The van der Waals surface area contributed by atoms with Crippen LogP contribution in [-0.4, -0.2) is 37.5 Å². The number of aliphatic hydroxyl groups excluding tert-OH is 1. The Hall–Kier alpha value is -1.59. The van der Waals surface area contributed by atoms with Gasteiger partial charge in [-0.2, -0.15) is 0 Å². The Morgan fingerprint density at radius 2 is 1.90 bits per heavy atom. The lowest BCUT2D eigenvalue weighted by molar-refractivity contribution is 0.0599. The van der Waals surface area contributed by atoms with Crippen molar-refractivity contribution in [2.75, 3.05) is 25.6 Å². The maximum atomic E-state index is 11.7. The number of methoxy groups -OCH3 is 1. The zero-order valence-electron chi connectivity index (χ0n) is 13.3. The number of hydrogen-bond acceptors (Lipinski definition) is 3. The molecule has 1 aromatic carbocycles. The zero-order chi connectivity index (χ0) is 15.9. The fraction of sp³-hybridized carbons (Fsp3) is 0.562. The summed E-state index contributed by atoms with van der Waals surface area (Å²) in [6, 6.07) is 7.53. The van der Waals surface area contributed by atoms with Gasteiger partial charge in [0.1, 0.15) is 0 Å². The van der Waals surface area contributed by atoms with Crippen molar-refractivity contribution in [3.05, 3.63) is 29.8 Å². The Morgan fingerprint density at radius 1 is 1.29 bits per heavy atom. The van der Waals surface area contributed by atoms with Crippen LogP contribution >= 0.6 is 0 Å². The molecule has 0 saturated carbocycles. The van der Waals surface area contributed by atoms with Gasteiger partial charge in [0.2, 0.25) is 0 Å². The molecule has 0 bridgehead atoms. The maximum absolute atomic E-state index is 11.7. The van der Waals surface area contributed by atoms with Crippen LogP contribution in [0.25, 0.3) is 0 Å². The summed E-state index contributed by atoms with van der Waals surface area (Å²) in [6.45, 7) is 7.11. The summed E-state index contributed by atoms with van der Waals surface area (Å²) in [5.41, 5.74) is 2.06. The Morgan fingerprint density at radius 3 is 2.43 bits per heavy atom. The number of hydrogen-bond donors (Lipinski definition) is 3. The molecule has 0 aliphatic heterocycles. The van der Waals surface area contributed by atoms with Crippen LogP contribution in [0, 0.1) is 0 Å². The second-order valence-electron chi connectivity index (χ2n) is 6.11. The normalized spacial score (nSPS) is 12.8. The standard InChI is InChI=1S/C16H26N2O3/c1-16(2,3)12-5-7-13(8-6-12)18-15(20)17-10-9-14(19)11-21-4/h5-8,14,19H,9-11H2,1-4H3,(H2,17,18,20). The van der Waals surface area contributed by atoms with Gasteiger partial charge in [-0.1, -0.05) is 32.9 Å². The summed E-state index contributed by atoms with van der Waals surface area (Å²) in [4.78, 5) is 11.7. The van der Waals surface area contributed by atoms with Crippen LogP contribution in [0.3, 0.4) is 0 Å². The summed E-state index contributed by atoms with van der Waals surface area (Å²) >= 11 is 0. The van der Waals surface area contributed by atoms with Gasteiger partial charge in [-0.25, -0.2) is 4.79 Å². The van der Waals surface area contributed by atoms with Crippen molar-refractivity contribution in [2.24, 2.45) is 0 Å². The van der Waals surface area contributed by atoms with Crippen molar-refractivity contribution in [3.8, 4) is 0 Å². The number of ether oxygens (including phenoxy) is 1. The topological polar surface area (TPSA) is 70.6 Å². The fourth-order valence-corrected chi connectivity index (χ4v) is 1.86. The first-order valence-corrected chi connectivity index (χ1v) is 7.15. The maximum Gasteiger partial charge on any atom is 0.319 e. The van der Waals surface area contributed by atoms with Crippen molar-refractivity contribution in [1.29, 1.82) is 0 Å². The first-order valence-electron chi connectivity index (χ1n) is 7.15. The molecule has 0 saturated heterocycles. The second-order valence-corrected chi connectivity index (χ2v) is 6.11. The third kappa shape index (κ3) is 6.60. The van der Waals surface area contributed by atoms with Gasteiger partial charge >= 0.3 is 6.03 Å². The van der Waals surface area contributed by atoms with Gasteiger partial charge in [0, 0.05) is 19.3 Å². The van der Waals surface area contributed by atoms with Gasteiger partial charge in [0.05, 0.1) is 12.7 Å². The van der Waals surface area contributed by atoms with E-state index in [1.54, 1.807) is 0 Å². The highest BCUT2D eigenvalue weighted by Gasteiger charge is 2.13. The van der Waals surface area contributed by atoms with E-state index in [9.17, 15) is 9.90 Å². The molecular weight excluding hydrogens is 268 g/mol. The molecule has 0 heterocycles. The number of amides is 2. The highest BCUT2D eigenvalue weighted by atomic mass is 16.5. The minimum atomic E-state index is -0.554. The lowest BCUT2D eigenvalue weighted by Gasteiger charge is -2.19. The number of benzene rings is 1. The van der Waals surface area contributed by atoms with E-state index in [0.717, 1.165) is 5.69 Å². The monoisotopic (exact) mass is 294 g/mol. The van der Waals surface area contributed by atoms with E-state index in [1.165, 1.54) is 12.7 Å². The average Bonchev–Trinajstić information content (AvgIpc) is 2.38. The predicted molar refractivity (Wildman–Crippen MR) is 84.7 cm³/mol. The number of anilines is 1. The van der Waals surface area contributed by atoms with E-state index in [2.05, 4.69) is 31.4 Å². The third-order valence-corrected chi connectivity index (χ3v) is 3.13. The average molecular weight is 294 g/mol. The molecule has 21 heavy (non-hydrogen) atoms. The summed E-state index contributed by atoms with van der Waals surface area (Å²) < 4.78 is 4.82. The van der Waals surface area contributed by atoms with Crippen molar-refractivity contribution in [1.82, 2.24) is 5.32 Å². The van der Waals surface area contributed by atoms with Crippen molar-refractivity contribution < 1.29 is 14.6 Å². The summed E-state index contributed by atoms with van der Waals surface area (Å²) in [6.07, 6.45) is -0.0918. The quantitative estimate of drug-likeness (QED) is 0.755. The Kier molecular flexibility index (Phi) is 6.65. The van der Waals surface area contributed by atoms with Gasteiger partial charge in [-0.05, 0) is 29.5 Å². The zero-order valence-corrected chi connectivity index (χ0v) is 13.3. The summed E-state index contributed by atoms with van der Waals surface area (Å²) in [7, 11) is 1.53. The molecule has 0 fully saturated rings. The highest BCUT2D eigenvalue weighted by molar-refractivity contribution is 5.89. The predicted octanol–water partition coefficient (Wildman–Crippen LogP) is 2.50. The van der Waals surface area contributed by atoms with E-state index in [0.29, 0.717) is 13.0 Å². The smallest absolute Gasteiger partial charge is 0.319 e. The van der Waals surface area contributed by atoms with Crippen molar-refractivity contribution in [3.63, 3.8) is 0 Å². The molecule has 5 heteroatoms. The van der Waals surface area contributed by atoms with Gasteiger partial charge in [-0.3, -0.25) is 0 Å². The van der Waals surface area contributed by atoms with Crippen LogP contribution < -0.4 is 10.6 Å². The molecule has 1 aromatic rings. The number of urea groups is 1. The number of nitrogens with one attached hydrogen (secondary N) is 2. The molecule has 0 aliphatic rings. The fourth-order valence-electron chi connectivity index (χ4n) is 1.86. The second kappa shape index (κ2) is 8.00. The van der Waals surface area contributed by atoms with Gasteiger partial charge in [0.25, 0.3) is 0 Å². The molecule has 2 amide bonds. The Balaban J connectivity index is 2.38. The summed E-state index contributed by atoms with van der Waals surface area (Å²) in [5, 5.41) is 14.9. The van der Waals surface area contributed by atoms with Crippen LogP contribution in [0.15, 0.2) is 24.3 Å². The van der Waals surface area contributed by atoms with Crippen molar-refractivity contribution in [2.45, 2.75) is 38.7 Å². The first-order chi connectivity index (χ1) is 9.82. The minimum absolute atomic E-state index is 0.0955. The molecule has 0 aromatic heterocycles. The highest BCUT2D eigenvalue weighted by Crippen LogP contribution is 2.23. The van der Waals surface area contributed by atoms with Gasteiger partial charge in [-0.15, -0.1) is 0 Å². The number of aliphatic hydroxyl groups is 1. The number of rotatable bonds is 6. The van der Waals surface area contributed by atoms with Crippen LogP contribution in [-0.2, 0) is 10.2 Å². The van der Waals surface area contributed by atoms with Crippen molar-refractivity contribution >= 4 is 11.7 Å². The van der Waals surface area contributed by atoms with Crippen LogP contribution in [0.4, 0.5) is 10.5 Å².